The first-order chi connectivity index (χ1) is 24.2. The molecule has 0 saturated heterocycles. The van der Waals surface area contributed by atoms with E-state index >= 15 is 0 Å². The van der Waals surface area contributed by atoms with E-state index in [1.165, 1.54) is 66.7 Å². The van der Waals surface area contributed by atoms with Crippen molar-refractivity contribution in [2.45, 2.75) is 25.8 Å². The van der Waals surface area contributed by atoms with E-state index in [9.17, 15) is 0 Å². The van der Waals surface area contributed by atoms with E-state index in [1.54, 1.807) is 0 Å². The van der Waals surface area contributed by atoms with Crippen LogP contribution in [-0.4, -0.2) is 4.57 Å². The number of fused-ring (bicyclic) bond motifs is 4. The molecule has 1 atom stereocenters. The Kier molecular flexibility index (Phi) is 7.24. The Morgan fingerprint density at radius 2 is 1.24 bits per heavy atom. The number of hydrogen-bond donors (Lipinski definition) is 1. The van der Waals surface area contributed by atoms with Crippen molar-refractivity contribution in [3.8, 4) is 16.8 Å². The maximum Gasteiger partial charge on any atom is 0.0541 e. The van der Waals surface area contributed by atoms with Gasteiger partial charge in [-0.2, -0.15) is 0 Å². The lowest BCUT2D eigenvalue weighted by atomic mass is 9.93. The third-order valence-corrected chi connectivity index (χ3v) is 10.1. The van der Waals surface area contributed by atoms with E-state index in [2.05, 4.69) is 192 Å². The summed E-state index contributed by atoms with van der Waals surface area (Å²) in [7, 11) is 0. The summed E-state index contributed by atoms with van der Waals surface area (Å²) < 4.78 is 2.37. The Morgan fingerprint density at radius 1 is 0.571 bits per heavy atom. The van der Waals surface area contributed by atoms with Crippen LogP contribution in [0.3, 0.4) is 0 Å². The van der Waals surface area contributed by atoms with Crippen LogP contribution in [-0.2, 0) is 6.42 Å². The predicted molar refractivity (Wildman–Crippen MR) is 207 cm³/mol. The van der Waals surface area contributed by atoms with Gasteiger partial charge in [-0.3, -0.25) is 0 Å². The lowest BCUT2D eigenvalue weighted by Crippen LogP contribution is -2.19. The molecule has 1 aromatic heterocycles. The van der Waals surface area contributed by atoms with E-state index in [0.717, 1.165) is 24.2 Å². The zero-order valence-electron chi connectivity index (χ0n) is 27.6. The van der Waals surface area contributed by atoms with Gasteiger partial charge in [0, 0.05) is 39.2 Å². The summed E-state index contributed by atoms with van der Waals surface area (Å²) in [6.45, 7) is 2.19. The zero-order chi connectivity index (χ0) is 32.7. The molecule has 8 aromatic rings. The third kappa shape index (κ3) is 5.25. The van der Waals surface area contributed by atoms with Crippen molar-refractivity contribution in [3.05, 3.63) is 187 Å². The van der Waals surface area contributed by atoms with Gasteiger partial charge in [-0.05, 0) is 108 Å². The molecule has 1 aliphatic heterocycles. The molecule has 0 bridgehead atoms. The Morgan fingerprint density at radius 3 is 2.06 bits per heavy atom. The number of aryl methyl sites for hydroxylation is 2. The molecule has 0 radical (unpaired) electrons. The van der Waals surface area contributed by atoms with Crippen LogP contribution in [0.2, 0.25) is 0 Å². The molecule has 2 heterocycles. The molecule has 3 nitrogen and oxygen atoms in total. The summed E-state index contributed by atoms with van der Waals surface area (Å²) in [6, 6.07) is 62.0. The number of hydrogen-bond acceptors (Lipinski definition) is 2. The van der Waals surface area contributed by atoms with Gasteiger partial charge in [0.1, 0.15) is 0 Å². The minimum Gasteiger partial charge on any atom is -0.378 e. The SMILES string of the molecule is Cc1ccccc1N(c1ccc(-c2ccc3c(c2)c2ccccc2n3-c2ccccc2)cc1)c1ccc2c(c1)NC(c1ccccc1)CC2. The molecule has 9 rings (SSSR count). The van der Waals surface area contributed by atoms with Crippen LogP contribution < -0.4 is 10.2 Å². The predicted octanol–water partition coefficient (Wildman–Crippen LogP) is 12.3. The Bertz CT molecular complexity index is 2420. The molecule has 0 amide bonds. The second-order valence-corrected chi connectivity index (χ2v) is 13.1. The standard InChI is InChI=1S/C46H37N3/c1-32-12-8-10-18-44(32)48(39-27-22-35-23-28-42(47-43(35)31-39)34-13-4-2-5-14-34)38-25-20-33(21-26-38)36-24-29-46-41(30-36)40-17-9-11-19-45(40)49(46)37-15-6-3-7-16-37/h2-22,24-27,29-31,42,47H,23,28H2,1H3. The Balaban J connectivity index is 1.10. The number of nitrogens with one attached hydrogen (secondary N) is 1. The first-order valence-corrected chi connectivity index (χ1v) is 17.2. The van der Waals surface area contributed by atoms with E-state index in [0.29, 0.717) is 6.04 Å². The second-order valence-electron chi connectivity index (χ2n) is 13.1. The van der Waals surface area contributed by atoms with Crippen LogP contribution in [0.1, 0.15) is 29.2 Å². The van der Waals surface area contributed by atoms with Gasteiger partial charge >= 0.3 is 0 Å². The molecular weight excluding hydrogens is 595 g/mol. The van der Waals surface area contributed by atoms with Gasteiger partial charge in [-0.25, -0.2) is 0 Å². The van der Waals surface area contributed by atoms with Crippen LogP contribution in [0, 0.1) is 6.92 Å². The molecule has 7 aromatic carbocycles. The molecule has 0 aliphatic carbocycles. The fraction of sp³-hybridized carbons (Fsp3) is 0.0870. The van der Waals surface area contributed by atoms with Crippen molar-refractivity contribution >= 4 is 44.6 Å². The highest BCUT2D eigenvalue weighted by molar-refractivity contribution is 6.10. The third-order valence-electron chi connectivity index (χ3n) is 10.1. The molecule has 236 valence electrons. The number of para-hydroxylation sites is 3. The van der Waals surface area contributed by atoms with Gasteiger partial charge in [0.25, 0.3) is 0 Å². The molecule has 3 heteroatoms. The van der Waals surface area contributed by atoms with Gasteiger partial charge in [0.15, 0.2) is 0 Å². The quantitative estimate of drug-likeness (QED) is 0.197. The molecule has 1 unspecified atom stereocenters. The number of benzene rings is 7. The normalized spacial score (nSPS) is 14.0. The largest absolute Gasteiger partial charge is 0.378 e. The summed E-state index contributed by atoms with van der Waals surface area (Å²) in [5, 5.41) is 6.39. The highest BCUT2D eigenvalue weighted by Gasteiger charge is 2.22. The molecule has 0 fully saturated rings. The highest BCUT2D eigenvalue weighted by Crippen LogP contribution is 2.42. The van der Waals surface area contributed by atoms with Gasteiger partial charge in [0.2, 0.25) is 0 Å². The molecule has 0 spiro atoms. The maximum absolute atomic E-state index is 3.87. The summed E-state index contributed by atoms with van der Waals surface area (Å²) in [5.74, 6) is 0. The Labute approximate surface area is 287 Å². The maximum atomic E-state index is 3.87. The van der Waals surface area contributed by atoms with Gasteiger partial charge in [-0.1, -0.05) is 109 Å². The first kappa shape index (κ1) is 29.1. The fourth-order valence-corrected chi connectivity index (χ4v) is 7.60. The first-order valence-electron chi connectivity index (χ1n) is 17.2. The number of rotatable bonds is 6. The monoisotopic (exact) mass is 631 g/mol. The van der Waals surface area contributed by atoms with E-state index in [1.807, 2.05) is 0 Å². The van der Waals surface area contributed by atoms with E-state index < -0.39 is 0 Å². The van der Waals surface area contributed by atoms with Crippen LogP contribution >= 0.6 is 0 Å². The summed E-state index contributed by atoms with van der Waals surface area (Å²) >= 11 is 0. The van der Waals surface area contributed by atoms with Gasteiger partial charge in [0.05, 0.1) is 17.1 Å². The molecule has 1 aliphatic rings. The summed E-state index contributed by atoms with van der Waals surface area (Å²) in [5.41, 5.74) is 14.7. The lowest BCUT2D eigenvalue weighted by molar-refractivity contribution is 0.668. The molecular formula is C46H37N3. The highest BCUT2D eigenvalue weighted by atomic mass is 15.1. The van der Waals surface area contributed by atoms with Gasteiger partial charge in [-0.15, -0.1) is 0 Å². The van der Waals surface area contributed by atoms with Crippen molar-refractivity contribution in [1.82, 2.24) is 4.57 Å². The van der Waals surface area contributed by atoms with E-state index in [4.69, 9.17) is 0 Å². The average Bonchev–Trinajstić information content (AvgIpc) is 3.50. The lowest BCUT2D eigenvalue weighted by Gasteiger charge is -2.31. The van der Waals surface area contributed by atoms with Crippen molar-refractivity contribution < 1.29 is 0 Å². The van der Waals surface area contributed by atoms with Crippen molar-refractivity contribution in [2.24, 2.45) is 0 Å². The summed E-state index contributed by atoms with van der Waals surface area (Å²) in [6.07, 6.45) is 2.16. The smallest absolute Gasteiger partial charge is 0.0541 e. The van der Waals surface area contributed by atoms with E-state index in [-0.39, 0.29) is 0 Å². The number of anilines is 4. The molecule has 49 heavy (non-hydrogen) atoms. The van der Waals surface area contributed by atoms with Crippen molar-refractivity contribution in [1.29, 1.82) is 0 Å². The van der Waals surface area contributed by atoms with Crippen LogP contribution in [0.5, 0.6) is 0 Å². The summed E-state index contributed by atoms with van der Waals surface area (Å²) in [4.78, 5) is 2.39. The van der Waals surface area contributed by atoms with Crippen LogP contribution in [0.4, 0.5) is 22.7 Å². The zero-order valence-corrected chi connectivity index (χ0v) is 27.6. The minimum atomic E-state index is 0.314. The van der Waals surface area contributed by atoms with Crippen molar-refractivity contribution in [3.63, 3.8) is 0 Å². The topological polar surface area (TPSA) is 20.2 Å². The van der Waals surface area contributed by atoms with Crippen molar-refractivity contribution in [2.75, 3.05) is 10.2 Å². The Hall–Kier alpha value is -6.06. The average molecular weight is 632 g/mol. The van der Waals surface area contributed by atoms with Crippen LogP contribution in [0.25, 0.3) is 38.6 Å². The molecule has 0 saturated carbocycles. The van der Waals surface area contributed by atoms with Crippen LogP contribution in [0.15, 0.2) is 170 Å². The van der Waals surface area contributed by atoms with Gasteiger partial charge < -0.3 is 14.8 Å². The minimum absolute atomic E-state index is 0.314. The fourth-order valence-electron chi connectivity index (χ4n) is 7.60. The molecule has 1 N–H and O–H groups in total. The number of aromatic nitrogens is 1. The second kappa shape index (κ2) is 12.2. The number of nitrogens with zero attached hydrogens (tertiary/aromatic N) is 2.